The zero-order valence-electron chi connectivity index (χ0n) is 15.7. The summed E-state index contributed by atoms with van der Waals surface area (Å²) < 4.78 is 25.6. The molecule has 1 saturated heterocycles. The van der Waals surface area contributed by atoms with Crippen molar-refractivity contribution < 1.29 is 8.42 Å². The summed E-state index contributed by atoms with van der Waals surface area (Å²) in [5, 5.41) is 9.70. The van der Waals surface area contributed by atoms with Crippen LogP contribution in [0.2, 0.25) is 0 Å². The second kappa shape index (κ2) is 7.36. The van der Waals surface area contributed by atoms with Gasteiger partial charge in [-0.3, -0.25) is 0 Å². The van der Waals surface area contributed by atoms with Gasteiger partial charge in [0.2, 0.25) is 10.0 Å². The minimum Gasteiger partial charge on any atom is -0.367 e. The standard InChI is InChI=1S/C18H23N7O2S/c1-2-5-14-12-17(25-18(22-14)20-13-21-25)24-10-8-23(9-11-24)15-6-3-4-7-16(15)28(19,26)27/h3-4,6-7,12-13H,2,5,8-11H2,1H3,(H2,19,26,27). The molecule has 4 rings (SSSR count). The lowest BCUT2D eigenvalue weighted by atomic mass is 10.2. The van der Waals surface area contributed by atoms with E-state index in [9.17, 15) is 8.42 Å². The Balaban J connectivity index is 1.59. The smallest absolute Gasteiger partial charge is 0.254 e. The molecular weight excluding hydrogens is 378 g/mol. The molecule has 0 unspecified atom stereocenters. The van der Waals surface area contributed by atoms with E-state index in [1.165, 1.54) is 6.33 Å². The summed E-state index contributed by atoms with van der Waals surface area (Å²) in [6, 6.07) is 8.94. The van der Waals surface area contributed by atoms with Crippen molar-refractivity contribution in [2.75, 3.05) is 36.0 Å². The Hall–Kier alpha value is -2.72. The van der Waals surface area contributed by atoms with E-state index < -0.39 is 10.0 Å². The molecule has 0 bridgehead atoms. The molecule has 0 atom stereocenters. The van der Waals surface area contributed by atoms with Gasteiger partial charge in [-0.15, -0.1) is 0 Å². The number of sulfonamides is 1. The molecule has 0 aliphatic carbocycles. The summed E-state index contributed by atoms with van der Waals surface area (Å²) in [6.45, 7) is 4.92. The Kier molecular flexibility index (Phi) is 4.90. The first-order valence-corrected chi connectivity index (χ1v) is 10.8. The second-order valence-electron chi connectivity index (χ2n) is 6.81. The number of piperazine rings is 1. The molecule has 28 heavy (non-hydrogen) atoms. The van der Waals surface area contributed by atoms with E-state index in [0.717, 1.165) is 37.4 Å². The molecule has 1 aliphatic heterocycles. The Labute approximate surface area is 163 Å². The fourth-order valence-electron chi connectivity index (χ4n) is 3.59. The van der Waals surface area contributed by atoms with Crippen LogP contribution in [0.3, 0.4) is 0 Å². The number of anilines is 2. The minimum atomic E-state index is -3.77. The average Bonchev–Trinajstić information content (AvgIpc) is 3.16. The summed E-state index contributed by atoms with van der Waals surface area (Å²) in [5.41, 5.74) is 1.65. The predicted molar refractivity (Wildman–Crippen MR) is 107 cm³/mol. The van der Waals surface area contributed by atoms with Gasteiger partial charge in [0.1, 0.15) is 17.0 Å². The van der Waals surface area contributed by atoms with Gasteiger partial charge in [0.15, 0.2) is 0 Å². The van der Waals surface area contributed by atoms with E-state index >= 15 is 0 Å². The van der Waals surface area contributed by atoms with Crippen LogP contribution in [-0.2, 0) is 16.4 Å². The Morgan fingerprint density at radius 1 is 1.11 bits per heavy atom. The third-order valence-electron chi connectivity index (χ3n) is 4.91. The minimum absolute atomic E-state index is 0.163. The zero-order chi connectivity index (χ0) is 19.7. The van der Waals surface area contributed by atoms with E-state index in [1.54, 1.807) is 22.7 Å². The number of hydrogen-bond acceptors (Lipinski definition) is 7. The van der Waals surface area contributed by atoms with E-state index in [4.69, 9.17) is 5.14 Å². The van der Waals surface area contributed by atoms with Gasteiger partial charge in [0, 0.05) is 37.9 Å². The van der Waals surface area contributed by atoms with Crippen molar-refractivity contribution in [1.82, 2.24) is 19.6 Å². The lowest BCUT2D eigenvalue weighted by Gasteiger charge is -2.37. The molecule has 1 aromatic carbocycles. The van der Waals surface area contributed by atoms with Gasteiger partial charge in [-0.25, -0.2) is 18.5 Å². The van der Waals surface area contributed by atoms with Crippen molar-refractivity contribution in [2.45, 2.75) is 24.7 Å². The number of nitrogens with two attached hydrogens (primary N) is 1. The van der Waals surface area contributed by atoms with Gasteiger partial charge < -0.3 is 9.80 Å². The molecule has 3 heterocycles. The molecule has 0 radical (unpaired) electrons. The highest BCUT2D eigenvalue weighted by atomic mass is 32.2. The summed E-state index contributed by atoms with van der Waals surface area (Å²) in [6.07, 6.45) is 3.41. The molecule has 10 heteroatoms. The van der Waals surface area contributed by atoms with E-state index in [2.05, 4.69) is 37.9 Å². The molecule has 9 nitrogen and oxygen atoms in total. The third kappa shape index (κ3) is 3.52. The number of aromatic nitrogens is 4. The van der Waals surface area contributed by atoms with E-state index in [0.29, 0.717) is 24.6 Å². The van der Waals surface area contributed by atoms with Crippen molar-refractivity contribution >= 4 is 27.3 Å². The maximum atomic E-state index is 11.9. The largest absolute Gasteiger partial charge is 0.367 e. The van der Waals surface area contributed by atoms with Gasteiger partial charge in [-0.05, 0) is 18.6 Å². The third-order valence-corrected chi connectivity index (χ3v) is 5.87. The van der Waals surface area contributed by atoms with E-state index in [-0.39, 0.29) is 4.90 Å². The van der Waals surface area contributed by atoms with Crippen molar-refractivity contribution in [3.63, 3.8) is 0 Å². The fourth-order valence-corrected chi connectivity index (χ4v) is 4.35. The lowest BCUT2D eigenvalue weighted by molar-refractivity contribution is 0.595. The van der Waals surface area contributed by atoms with Crippen LogP contribution >= 0.6 is 0 Å². The molecular formula is C18H23N7O2S. The molecule has 148 valence electrons. The van der Waals surface area contributed by atoms with Crippen LogP contribution in [0, 0.1) is 0 Å². The van der Waals surface area contributed by atoms with Crippen LogP contribution < -0.4 is 14.9 Å². The molecule has 0 amide bonds. The highest BCUT2D eigenvalue weighted by Crippen LogP contribution is 2.26. The predicted octanol–water partition coefficient (Wildman–Crippen LogP) is 1.05. The first-order chi connectivity index (χ1) is 13.5. The van der Waals surface area contributed by atoms with Crippen LogP contribution in [0.4, 0.5) is 11.5 Å². The van der Waals surface area contributed by atoms with Crippen molar-refractivity contribution in [1.29, 1.82) is 0 Å². The van der Waals surface area contributed by atoms with Crippen LogP contribution in [-0.4, -0.2) is 54.2 Å². The maximum absolute atomic E-state index is 11.9. The van der Waals surface area contributed by atoms with Gasteiger partial charge >= 0.3 is 0 Å². The molecule has 2 N–H and O–H groups in total. The highest BCUT2D eigenvalue weighted by molar-refractivity contribution is 7.89. The number of para-hydroxylation sites is 1. The molecule has 1 fully saturated rings. The first-order valence-electron chi connectivity index (χ1n) is 9.29. The van der Waals surface area contributed by atoms with Crippen molar-refractivity contribution in [3.8, 4) is 0 Å². The maximum Gasteiger partial charge on any atom is 0.254 e. The van der Waals surface area contributed by atoms with Gasteiger partial charge in [0.05, 0.1) is 5.69 Å². The highest BCUT2D eigenvalue weighted by Gasteiger charge is 2.24. The summed E-state index contributed by atoms with van der Waals surface area (Å²) >= 11 is 0. The zero-order valence-corrected chi connectivity index (χ0v) is 16.5. The molecule has 2 aromatic heterocycles. The summed E-state index contributed by atoms with van der Waals surface area (Å²) in [4.78, 5) is 13.3. The number of benzene rings is 1. The molecule has 3 aromatic rings. The number of nitrogens with zero attached hydrogens (tertiary/aromatic N) is 6. The number of aryl methyl sites for hydroxylation is 1. The van der Waals surface area contributed by atoms with Crippen LogP contribution in [0.5, 0.6) is 0 Å². The van der Waals surface area contributed by atoms with Crippen LogP contribution in [0.1, 0.15) is 19.0 Å². The molecule has 0 spiro atoms. The summed E-state index contributed by atoms with van der Waals surface area (Å²) in [7, 11) is -3.77. The average molecular weight is 401 g/mol. The van der Waals surface area contributed by atoms with Gasteiger partial charge in [-0.1, -0.05) is 25.5 Å². The van der Waals surface area contributed by atoms with Crippen LogP contribution in [0.25, 0.3) is 5.78 Å². The van der Waals surface area contributed by atoms with Crippen molar-refractivity contribution in [3.05, 3.63) is 42.4 Å². The first kappa shape index (κ1) is 18.6. The van der Waals surface area contributed by atoms with E-state index in [1.807, 2.05) is 6.07 Å². The molecule has 1 aliphatic rings. The normalized spacial score (nSPS) is 15.4. The van der Waals surface area contributed by atoms with Crippen molar-refractivity contribution in [2.24, 2.45) is 5.14 Å². The van der Waals surface area contributed by atoms with Gasteiger partial charge in [0.25, 0.3) is 5.78 Å². The number of primary sulfonamides is 1. The number of rotatable bonds is 5. The second-order valence-corrected chi connectivity index (χ2v) is 8.34. The monoisotopic (exact) mass is 401 g/mol. The topological polar surface area (TPSA) is 110 Å². The lowest BCUT2D eigenvalue weighted by Crippen LogP contribution is -2.47. The number of hydrogen-bond donors (Lipinski definition) is 1. The Morgan fingerprint density at radius 3 is 2.54 bits per heavy atom. The Bertz CT molecular complexity index is 1090. The summed E-state index contributed by atoms with van der Waals surface area (Å²) in [5.74, 6) is 1.56. The van der Waals surface area contributed by atoms with Gasteiger partial charge in [-0.2, -0.15) is 14.6 Å². The quantitative estimate of drug-likeness (QED) is 0.680. The number of fused-ring (bicyclic) bond motifs is 1. The molecule has 0 saturated carbocycles. The Morgan fingerprint density at radius 2 is 1.82 bits per heavy atom. The SMILES string of the molecule is CCCc1cc(N2CCN(c3ccccc3S(N)(=O)=O)CC2)n2ncnc2n1. The van der Waals surface area contributed by atoms with Crippen LogP contribution in [0.15, 0.2) is 41.6 Å². The fraction of sp³-hybridized carbons (Fsp3) is 0.389.